The van der Waals surface area contributed by atoms with Crippen LogP contribution in [0.2, 0.25) is 5.02 Å². The van der Waals surface area contributed by atoms with Gasteiger partial charge in [-0.15, -0.1) is 0 Å². The molecular weight excluding hydrogens is 245 g/mol. The van der Waals surface area contributed by atoms with Crippen LogP contribution in [0.4, 0.5) is 10.1 Å². The minimum atomic E-state index is -0.541. The van der Waals surface area contributed by atoms with Crippen LogP contribution >= 0.6 is 11.6 Å². The topological polar surface area (TPSA) is 44.5 Å². The van der Waals surface area contributed by atoms with Gasteiger partial charge in [-0.1, -0.05) is 11.6 Å². The Kier molecular flexibility index (Phi) is 3.74. The van der Waals surface area contributed by atoms with Gasteiger partial charge in [0.15, 0.2) is 11.6 Å². The minimum Gasteiger partial charge on any atom is -0.486 e. The molecule has 0 aromatic heterocycles. The van der Waals surface area contributed by atoms with Crippen LogP contribution in [0, 0.1) is 5.82 Å². The molecule has 0 saturated carbocycles. The molecule has 0 amide bonds. The maximum absolute atomic E-state index is 13.5. The van der Waals surface area contributed by atoms with Gasteiger partial charge in [0, 0.05) is 5.02 Å². The number of anilines is 1. The maximum Gasteiger partial charge on any atom is 0.178 e. The first-order valence-electron chi connectivity index (χ1n) is 5.59. The second-order valence-corrected chi connectivity index (χ2v) is 4.70. The van der Waals surface area contributed by atoms with E-state index in [-0.39, 0.29) is 28.7 Å². The molecule has 1 aliphatic rings. The molecule has 5 heteroatoms. The summed E-state index contributed by atoms with van der Waals surface area (Å²) in [5.74, 6) is -0.487. The molecule has 0 aliphatic carbocycles. The summed E-state index contributed by atoms with van der Waals surface area (Å²) < 4.78 is 24.5. The van der Waals surface area contributed by atoms with Gasteiger partial charge in [-0.3, -0.25) is 0 Å². The smallest absolute Gasteiger partial charge is 0.178 e. The highest BCUT2D eigenvalue weighted by molar-refractivity contribution is 6.30. The van der Waals surface area contributed by atoms with Crippen LogP contribution in [0.15, 0.2) is 12.1 Å². The molecule has 1 saturated heterocycles. The number of nitrogen functional groups attached to an aromatic ring is 1. The van der Waals surface area contributed by atoms with Crippen LogP contribution < -0.4 is 10.5 Å². The highest BCUT2D eigenvalue weighted by Crippen LogP contribution is 2.30. The molecule has 2 unspecified atom stereocenters. The first-order valence-corrected chi connectivity index (χ1v) is 5.97. The van der Waals surface area contributed by atoms with Gasteiger partial charge in [-0.05, 0) is 31.9 Å². The van der Waals surface area contributed by atoms with E-state index in [1.54, 1.807) is 0 Å². The zero-order chi connectivity index (χ0) is 12.4. The fourth-order valence-corrected chi connectivity index (χ4v) is 2.13. The van der Waals surface area contributed by atoms with E-state index in [0.717, 1.165) is 12.8 Å². The van der Waals surface area contributed by atoms with Crippen LogP contribution in [-0.4, -0.2) is 18.8 Å². The summed E-state index contributed by atoms with van der Waals surface area (Å²) >= 11 is 5.67. The van der Waals surface area contributed by atoms with Crippen molar-refractivity contribution in [2.24, 2.45) is 0 Å². The van der Waals surface area contributed by atoms with E-state index >= 15 is 0 Å². The summed E-state index contributed by atoms with van der Waals surface area (Å²) in [5.41, 5.74) is 5.85. The third-order valence-corrected chi connectivity index (χ3v) is 2.99. The normalized spacial score (nSPS) is 23.9. The van der Waals surface area contributed by atoms with E-state index < -0.39 is 5.82 Å². The molecule has 1 heterocycles. The number of ether oxygens (including phenoxy) is 2. The average molecular weight is 260 g/mol. The van der Waals surface area contributed by atoms with Crippen molar-refractivity contribution in [3.8, 4) is 5.75 Å². The molecule has 0 radical (unpaired) electrons. The summed E-state index contributed by atoms with van der Waals surface area (Å²) in [6.07, 6.45) is 2.19. The maximum atomic E-state index is 13.5. The Hall–Kier alpha value is -1.00. The fourth-order valence-electron chi connectivity index (χ4n) is 1.92. The summed E-state index contributed by atoms with van der Waals surface area (Å²) in [6, 6.07) is 2.66. The Morgan fingerprint density at radius 1 is 1.53 bits per heavy atom. The van der Waals surface area contributed by atoms with Crippen molar-refractivity contribution >= 4 is 17.3 Å². The Balaban J connectivity index is 1.99. The number of hydrogen-bond donors (Lipinski definition) is 1. The molecule has 0 bridgehead atoms. The number of hydrogen-bond acceptors (Lipinski definition) is 3. The Morgan fingerprint density at radius 2 is 2.29 bits per heavy atom. The molecule has 3 nitrogen and oxygen atoms in total. The minimum absolute atomic E-state index is 0.0134. The third kappa shape index (κ3) is 3.01. The molecule has 17 heavy (non-hydrogen) atoms. The largest absolute Gasteiger partial charge is 0.486 e. The van der Waals surface area contributed by atoms with Crippen molar-refractivity contribution in [1.29, 1.82) is 0 Å². The quantitative estimate of drug-likeness (QED) is 0.849. The van der Waals surface area contributed by atoms with Crippen molar-refractivity contribution in [2.45, 2.75) is 32.0 Å². The fraction of sp³-hybridized carbons (Fsp3) is 0.500. The van der Waals surface area contributed by atoms with Crippen LogP contribution in [0.1, 0.15) is 19.8 Å². The van der Waals surface area contributed by atoms with Gasteiger partial charge in [0.1, 0.15) is 6.61 Å². The zero-order valence-electron chi connectivity index (χ0n) is 9.58. The number of benzene rings is 1. The zero-order valence-corrected chi connectivity index (χ0v) is 10.3. The van der Waals surface area contributed by atoms with Crippen molar-refractivity contribution in [3.05, 3.63) is 23.0 Å². The highest BCUT2D eigenvalue weighted by atomic mass is 35.5. The monoisotopic (exact) mass is 259 g/mol. The van der Waals surface area contributed by atoms with E-state index in [1.165, 1.54) is 12.1 Å². The lowest BCUT2D eigenvalue weighted by Crippen LogP contribution is -2.18. The molecule has 2 atom stereocenters. The van der Waals surface area contributed by atoms with E-state index in [1.807, 2.05) is 6.92 Å². The van der Waals surface area contributed by atoms with Gasteiger partial charge >= 0.3 is 0 Å². The summed E-state index contributed by atoms with van der Waals surface area (Å²) in [6.45, 7) is 2.32. The van der Waals surface area contributed by atoms with E-state index in [4.69, 9.17) is 26.8 Å². The first-order chi connectivity index (χ1) is 8.06. The van der Waals surface area contributed by atoms with Gasteiger partial charge in [0.25, 0.3) is 0 Å². The number of nitrogens with two attached hydrogens (primary N) is 1. The van der Waals surface area contributed by atoms with Crippen LogP contribution in [0.5, 0.6) is 5.75 Å². The van der Waals surface area contributed by atoms with Crippen molar-refractivity contribution < 1.29 is 13.9 Å². The van der Waals surface area contributed by atoms with E-state index in [0.29, 0.717) is 6.61 Å². The molecule has 2 N–H and O–H groups in total. The molecular formula is C12H15ClFNO2. The average Bonchev–Trinajstić information content (AvgIpc) is 2.62. The number of halogens is 2. The van der Waals surface area contributed by atoms with Gasteiger partial charge in [-0.2, -0.15) is 0 Å². The second-order valence-electron chi connectivity index (χ2n) is 4.26. The predicted octanol–water partition coefficient (Wildman–Crippen LogP) is 3.01. The molecule has 1 aliphatic heterocycles. The summed E-state index contributed by atoms with van der Waals surface area (Å²) in [4.78, 5) is 0. The van der Waals surface area contributed by atoms with Crippen molar-refractivity contribution in [2.75, 3.05) is 12.3 Å². The standard InChI is InChI=1S/C12H15ClFNO2/c1-7-2-3-9(17-7)6-16-12-10(14)4-8(13)5-11(12)15/h4-5,7,9H,2-3,6,15H2,1H3. The first kappa shape index (κ1) is 12.5. The van der Waals surface area contributed by atoms with Gasteiger partial charge in [-0.25, -0.2) is 4.39 Å². The van der Waals surface area contributed by atoms with Gasteiger partial charge in [0.05, 0.1) is 17.9 Å². The van der Waals surface area contributed by atoms with Gasteiger partial charge in [0.2, 0.25) is 0 Å². The Bertz CT molecular complexity index is 390. The molecule has 0 spiro atoms. The van der Waals surface area contributed by atoms with Crippen molar-refractivity contribution in [1.82, 2.24) is 0 Å². The van der Waals surface area contributed by atoms with Crippen LogP contribution in [0.25, 0.3) is 0 Å². The van der Waals surface area contributed by atoms with E-state index in [2.05, 4.69) is 0 Å². The van der Waals surface area contributed by atoms with E-state index in [9.17, 15) is 4.39 Å². The SMILES string of the molecule is CC1CCC(COc2c(N)cc(Cl)cc2F)O1. The number of rotatable bonds is 3. The highest BCUT2D eigenvalue weighted by Gasteiger charge is 2.23. The molecule has 94 valence electrons. The summed E-state index contributed by atoms with van der Waals surface area (Å²) in [7, 11) is 0. The Labute approximate surface area is 105 Å². The van der Waals surface area contributed by atoms with Crippen LogP contribution in [0.3, 0.4) is 0 Å². The lowest BCUT2D eigenvalue weighted by atomic mass is 10.2. The van der Waals surface area contributed by atoms with Crippen LogP contribution in [-0.2, 0) is 4.74 Å². The lowest BCUT2D eigenvalue weighted by Gasteiger charge is -2.14. The summed E-state index contributed by atoms with van der Waals surface area (Å²) in [5, 5.41) is 0.262. The molecule has 2 rings (SSSR count). The predicted molar refractivity (Wildman–Crippen MR) is 64.9 cm³/mol. The Morgan fingerprint density at radius 3 is 2.88 bits per heavy atom. The third-order valence-electron chi connectivity index (χ3n) is 2.77. The molecule has 1 aromatic rings. The molecule has 1 fully saturated rings. The van der Waals surface area contributed by atoms with Gasteiger partial charge < -0.3 is 15.2 Å². The molecule has 1 aromatic carbocycles. The second kappa shape index (κ2) is 5.10. The van der Waals surface area contributed by atoms with Crippen molar-refractivity contribution in [3.63, 3.8) is 0 Å². The lowest BCUT2D eigenvalue weighted by molar-refractivity contribution is 0.0258.